The molecule has 3 rings (SSSR count). The number of rotatable bonds is 3. The first-order valence-electron chi connectivity index (χ1n) is 7.22. The van der Waals surface area contributed by atoms with Crippen LogP contribution in [0.5, 0.6) is 5.75 Å². The van der Waals surface area contributed by atoms with Gasteiger partial charge in [0.25, 0.3) is 0 Å². The molecule has 0 fully saturated rings. The van der Waals surface area contributed by atoms with E-state index in [1.165, 1.54) is 0 Å². The van der Waals surface area contributed by atoms with Crippen LogP contribution in [0.15, 0.2) is 77.8 Å². The molecule has 0 aromatic heterocycles. The maximum absolute atomic E-state index is 10.3. The van der Waals surface area contributed by atoms with Crippen LogP contribution in [-0.4, -0.2) is 11.3 Å². The van der Waals surface area contributed by atoms with Crippen molar-refractivity contribution >= 4 is 11.9 Å². The molecule has 0 unspecified atom stereocenters. The topological polar surface area (TPSA) is 32.6 Å². The van der Waals surface area contributed by atoms with Gasteiger partial charge in [0.2, 0.25) is 0 Å². The number of phenols is 1. The van der Waals surface area contributed by atoms with Gasteiger partial charge in [-0.3, -0.25) is 4.99 Å². The standard InChI is InChI=1S/C20H17NO/c1-15-12-17(16-8-4-2-5-9-16)13-18(20(15)22)14-21-19-10-6-3-7-11-19/h2-14,22H,1H3. The Balaban J connectivity index is 2.01. The molecule has 1 N–H and O–H groups in total. The van der Waals surface area contributed by atoms with Crippen LogP contribution in [0.4, 0.5) is 5.69 Å². The van der Waals surface area contributed by atoms with E-state index in [-0.39, 0.29) is 5.75 Å². The normalized spacial score (nSPS) is 11.0. The van der Waals surface area contributed by atoms with Crippen LogP contribution in [-0.2, 0) is 0 Å². The molecule has 2 heteroatoms. The van der Waals surface area contributed by atoms with Crippen molar-refractivity contribution < 1.29 is 5.11 Å². The van der Waals surface area contributed by atoms with Crippen LogP contribution in [0.3, 0.4) is 0 Å². The van der Waals surface area contributed by atoms with Crippen LogP contribution in [0.1, 0.15) is 11.1 Å². The fourth-order valence-electron chi connectivity index (χ4n) is 2.36. The number of hydrogen-bond acceptors (Lipinski definition) is 2. The van der Waals surface area contributed by atoms with E-state index >= 15 is 0 Å². The highest BCUT2D eigenvalue weighted by Gasteiger charge is 2.07. The first-order chi connectivity index (χ1) is 10.7. The fourth-order valence-corrected chi connectivity index (χ4v) is 2.36. The Labute approximate surface area is 130 Å². The lowest BCUT2D eigenvalue weighted by Gasteiger charge is -2.08. The fraction of sp³-hybridized carbons (Fsp3) is 0.0500. The van der Waals surface area contributed by atoms with E-state index in [0.717, 1.165) is 27.9 Å². The second kappa shape index (κ2) is 6.27. The second-order valence-corrected chi connectivity index (χ2v) is 5.19. The molecule has 3 aromatic rings. The van der Waals surface area contributed by atoms with Crippen molar-refractivity contribution in [2.75, 3.05) is 0 Å². The molecule has 22 heavy (non-hydrogen) atoms. The lowest BCUT2D eigenvalue weighted by atomic mass is 9.99. The van der Waals surface area contributed by atoms with Gasteiger partial charge in [0.15, 0.2) is 0 Å². The van der Waals surface area contributed by atoms with Gasteiger partial charge in [0.1, 0.15) is 5.75 Å². The predicted octanol–water partition coefficient (Wildman–Crippen LogP) is 5.12. The number of aryl methyl sites for hydroxylation is 1. The zero-order valence-corrected chi connectivity index (χ0v) is 12.4. The van der Waals surface area contributed by atoms with Gasteiger partial charge >= 0.3 is 0 Å². The van der Waals surface area contributed by atoms with Crippen LogP contribution >= 0.6 is 0 Å². The van der Waals surface area contributed by atoms with Crippen LogP contribution < -0.4 is 0 Å². The molecule has 108 valence electrons. The summed E-state index contributed by atoms with van der Waals surface area (Å²) in [6.07, 6.45) is 1.71. The summed E-state index contributed by atoms with van der Waals surface area (Å²) in [7, 11) is 0. The van der Waals surface area contributed by atoms with Crippen molar-refractivity contribution in [1.29, 1.82) is 0 Å². The molecule has 2 nitrogen and oxygen atoms in total. The van der Waals surface area contributed by atoms with Gasteiger partial charge in [-0.15, -0.1) is 0 Å². The zero-order valence-electron chi connectivity index (χ0n) is 12.4. The van der Waals surface area contributed by atoms with Crippen molar-refractivity contribution in [2.24, 2.45) is 4.99 Å². The number of aromatic hydroxyl groups is 1. The predicted molar refractivity (Wildman–Crippen MR) is 92.0 cm³/mol. The van der Waals surface area contributed by atoms with E-state index in [0.29, 0.717) is 0 Å². The molecule has 0 radical (unpaired) electrons. The first-order valence-corrected chi connectivity index (χ1v) is 7.22. The molecule has 3 aromatic carbocycles. The molecule has 0 aliphatic heterocycles. The second-order valence-electron chi connectivity index (χ2n) is 5.19. The van der Waals surface area contributed by atoms with Crippen molar-refractivity contribution in [3.8, 4) is 16.9 Å². The summed E-state index contributed by atoms with van der Waals surface area (Å²) in [5, 5.41) is 10.3. The summed E-state index contributed by atoms with van der Waals surface area (Å²) in [4.78, 5) is 4.43. The molecule has 0 atom stereocenters. The molecule has 0 aliphatic rings. The number of hydrogen-bond donors (Lipinski definition) is 1. The Bertz CT molecular complexity index is 793. The monoisotopic (exact) mass is 287 g/mol. The molecule has 0 aliphatic carbocycles. The molecule has 0 bridgehead atoms. The maximum atomic E-state index is 10.3. The van der Waals surface area contributed by atoms with E-state index in [1.54, 1.807) is 6.21 Å². The van der Waals surface area contributed by atoms with Gasteiger partial charge in [0.05, 0.1) is 5.69 Å². The number of para-hydroxylation sites is 1. The maximum Gasteiger partial charge on any atom is 0.127 e. The molecule has 0 saturated heterocycles. The Morgan fingerprint density at radius 1 is 0.818 bits per heavy atom. The van der Waals surface area contributed by atoms with Crippen LogP contribution in [0, 0.1) is 6.92 Å². The number of benzene rings is 3. The number of phenolic OH excluding ortho intramolecular Hbond substituents is 1. The molecule has 0 amide bonds. The summed E-state index contributed by atoms with van der Waals surface area (Å²) in [6.45, 7) is 1.90. The van der Waals surface area contributed by atoms with E-state index in [9.17, 15) is 5.11 Å². The van der Waals surface area contributed by atoms with E-state index < -0.39 is 0 Å². The summed E-state index contributed by atoms with van der Waals surface area (Å²) in [5.74, 6) is 0.277. The van der Waals surface area contributed by atoms with Gasteiger partial charge in [-0.25, -0.2) is 0 Å². The Morgan fingerprint density at radius 2 is 1.45 bits per heavy atom. The van der Waals surface area contributed by atoms with Crippen LogP contribution in [0.2, 0.25) is 0 Å². The lowest BCUT2D eigenvalue weighted by Crippen LogP contribution is -1.89. The van der Waals surface area contributed by atoms with Gasteiger partial charge < -0.3 is 5.11 Å². The van der Waals surface area contributed by atoms with Gasteiger partial charge in [-0.2, -0.15) is 0 Å². The molecular formula is C20H17NO. The minimum Gasteiger partial charge on any atom is -0.507 e. The third-order valence-electron chi connectivity index (χ3n) is 3.55. The summed E-state index contributed by atoms with van der Waals surface area (Å²) in [5.41, 5.74) is 4.63. The smallest absolute Gasteiger partial charge is 0.127 e. The molecular weight excluding hydrogens is 270 g/mol. The third kappa shape index (κ3) is 3.07. The lowest BCUT2D eigenvalue weighted by molar-refractivity contribution is 0.470. The Hall–Kier alpha value is -2.87. The van der Waals surface area contributed by atoms with E-state index in [4.69, 9.17) is 0 Å². The average Bonchev–Trinajstić information content (AvgIpc) is 2.58. The van der Waals surface area contributed by atoms with Crippen molar-refractivity contribution in [1.82, 2.24) is 0 Å². The first kappa shape index (κ1) is 14.1. The van der Waals surface area contributed by atoms with Gasteiger partial charge in [0, 0.05) is 11.8 Å². The number of nitrogens with zero attached hydrogens (tertiary/aromatic N) is 1. The van der Waals surface area contributed by atoms with E-state index in [1.807, 2.05) is 67.6 Å². The van der Waals surface area contributed by atoms with Gasteiger partial charge in [-0.1, -0.05) is 48.5 Å². The van der Waals surface area contributed by atoms with Gasteiger partial charge in [-0.05, 0) is 47.9 Å². The van der Waals surface area contributed by atoms with Crippen molar-refractivity contribution in [3.63, 3.8) is 0 Å². The third-order valence-corrected chi connectivity index (χ3v) is 3.55. The minimum atomic E-state index is 0.277. The molecule has 0 spiro atoms. The molecule has 0 saturated carbocycles. The highest BCUT2D eigenvalue weighted by Crippen LogP contribution is 2.29. The average molecular weight is 287 g/mol. The summed E-state index contributed by atoms with van der Waals surface area (Å²) >= 11 is 0. The van der Waals surface area contributed by atoms with Crippen molar-refractivity contribution in [3.05, 3.63) is 83.9 Å². The summed E-state index contributed by atoms with van der Waals surface area (Å²) < 4.78 is 0. The largest absolute Gasteiger partial charge is 0.507 e. The van der Waals surface area contributed by atoms with E-state index in [2.05, 4.69) is 17.1 Å². The SMILES string of the molecule is Cc1cc(-c2ccccc2)cc(C=Nc2ccccc2)c1O. The highest BCUT2D eigenvalue weighted by atomic mass is 16.3. The van der Waals surface area contributed by atoms with Crippen molar-refractivity contribution in [2.45, 2.75) is 6.92 Å². The quantitative estimate of drug-likeness (QED) is 0.666. The zero-order chi connectivity index (χ0) is 15.4. The highest BCUT2D eigenvalue weighted by molar-refractivity contribution is 5.88. The van der Waals surface area contributed by atoms with Crippen LogP contribution in [0.25, 0.3) is 11.1 Å². The Kier molecular flexibility index (Phi) is 4.01. The minimum absolute atomic E-state index is 0.277. The Morgan fingerprint density at radius 3 is 2.14 bits per heavy atom. The summed E-state index contributed by atoms with van der Waals surface area (Å²) in [6, 6.07) is 23.8. The molecule has 0 heterocycles. The number of aliphatic imine (C=N–C) groups is 1.